The molecule has 0 saturated heterocycles. The molecule has 1 atom stereocenters. The van der Waals surface area contributed by atoms with Gasteiger partial charge in [0.2, 0.25) is 0 Å². The Morgan fingerprint density at radius 1 is 0.927 bits per heavy atom. The minimum absolute atomic E-state index is 0.0834. The van der Waals surface area contributed by atoms with Crippen molar-refractivity contribution in [2.45, 2.75) is 32.4 Å². The van der Waals surface area contributed by atoms with E-state index in [2.05, 4.69) is 17.2 Å². The van der Waals surface area contributed by atoms with Crippen LogP contribution in [0.5, 0.6) is 17.2 Å². The van der Waals surface area contributed by atoms with E-state index >= 15 is 0 Å². The predicted molar refractivity (Wildman–Crippen MR) is 161 cm³/mol. The van der Waals surface area contributed by atoms with Crippen LogP contribution in [0, 0.1) is 0 Å². The zero-order valence-electron chi connectivity index (χ0n) is 23.5. The van der Waals surface area contributed by atoms with Crippen LogP contribution in [0.4, 0.5) is 5.69 Å². The zero-order chi connectivity index (χ0) is 28.7. The molecular weight excluding hydrogens is 518 g/mol. The number of fused-ring (bicyclic) bond motifs is 6. The number of methoxy groups -OCH3 is 3. The average molecular weight is 550 g/mol. The first-order chi connectivity index (χ1) is 20.0. The largest absolute Gasteiger partial charge is 0.497 e. The lowest BCUT2D eigenvalue weighted by molar-refractivity contribution is 0.104. The first-order valence-electron chi connectivity index (χ1n) is 13.6. The van der Waals surface area contributed by atoms with Gasteiger partial charge in [-0.1, -0.05) is 30.3 Å². The van der Waals surface area contributed by atoms with Crippen LogP contribution in [0.25, 0.3) is 32.9 Å². The van der Waals surface area contributed by atoms with Gasteiger partial charge in [-0.25, -0.2) is 0 Å². The van der Waals surface area contributed by atoms with Crippen molar-refractivity contribution in [3.8, 4) is 28.5 Å². The second-order valence-electron chi connectivity index (χ2n) is 10.2. The molecule has 0 amide bonds. The number of hydrogen-bond donors (Lipinski definition) is 1. The summed E-state index contributed by atoms with van der Waals surface area (Å²) in [5, 5.41) is 5.50. The molecule has 1 aliphatic rings. The van der Waals surface area contributed by atoms with Crippen LogP contribution < -0.4 is 25.1 Å². The molecule has 0 fully saturated rings. The van der Waals surface area contributed by atoms with Gasteiger partial charge >= 0.3 is 0 Å². The van der Waals surface area contributed by atoms with E-state index in [9.17, 15) is 9.59 Å². The van der Waals surface area contributed by atoms with Crippen molar-refractivity contribution < 1.29 is 19.0 Å². The molecule has 0 spiro atoms. The van der Waals surface area contributed by atoms with Crippen LogP contribution in [-0.2, 0) is 6.54 Å². The third-order valence-electron chi connectivity index (χ3n) is 7.77. The summed E-state index contributed by atoms with van der Waals surface area (Å²) in [7, 11) is 4.69. The maximum atomic E-state index is 14.1. The molecule has 2 heterocycles. The van der Waals surface area contributed by atoms with E-state index in [1.165, 1.54) is 14.2 Å². The summed E-state index contributed by atoms with van der Waals surface area (Å²) in [4.78, 5) is 32.3. The number of pyridine rings is 2. The van der Waals surface area contributed by atoms with Crippen molar-refractivity contribution in [1.29, 1.82) is 0 Å². The van der Waals surface area contributed by atoms with Gasteiger partial charge in [-0.2, -0.15) is 0 Å². The van der Waals surface area contributed by atoms with E-state index in [0.29, 0.717) is 52.1 Å². The lowest BCUT2D eigenvalue weighted by Gasteiger charge is -2.20. The number of hydrogen-bond acceptors (Lipinski definition) is 7. The van der Waals surface area contributed by atoms with Gasteiger partial charge in [0.15, 0.2) is 17.3 Å². The van der Waals surface area contributed by atoms with Gasteiger partial charge in [-0.3, -0.25) is 14.6 Å². The molecule has 0 bridgehead atoms. The topological polar surface area (TPSA) is 91.7 Å². The Hall–Kier alpha value is -4.85. The van der Waals surface area contributed by atoms with E-state index in [0.717, 1.165) is 34.3 Å². The highest BCUT2D eigenvalue weighted by Gasteiger charge is 2.33. The minimum Gasteiger partial charge on any atom is -0.497 e. The highest BCUT2D eigenvalue weighted by molar-refractivity contribution is 6.27. The van der Waals surface area contributed by atoms with Gasteiger partial charge in [0.1, 0.15) is 5.75 Å². The van der Waals surface area contributed by atoms with Crippen LogP contribution in [0.2, 0.25) is 0 Å². The standard InChI is InChI=1S/C33H31N3O5/c1-19(35-25-18-21(39-2)17-20-10-7-15-34-29(20)25)9-8-16-36-30-22-11-5-6-12-23(22)31(37)27(30)24-13-14-26(40-3)32(41-4)28(24)33(36)38/h5-7,10-15,17-19,35H,8-9,16H2,1-4H3. The number of benzene rings is 3. The second-order valence-corrected chi connectivity index (χ2v) is 10.2. The number of ketones is 1. The van der Waals surface area contributed by atoms with Crippen molar-refractivity contribution in [3.05, 3.63) is 88.3 Å². The van der Waals surface area contributed by atoms with Gasteiger partial charge in [-0.05, 0) is 44.0 Å². The maximum Gasteiger partial charge on any atom is 0.262 e. The van der Waals surface area contributed by atoms with E-state index in [4.69, 9.17) is 14.2 Å². The molecule has 8 nitrogen and oxygen atoms in total. The molecule has 1 aliphatic carbocycles. The summed E-state index contributed by atoms with van der Waals surface area (Å²) < 4.78 is 18.4. The van der Waals surface area contributed by atoms with Crippen molar-refractivity contribution >= 4 is 33.1 Å². The number of carbonyl (C=O) groups excluding carboxylic acids is 1. The van der Waals surface area contributed by atoms with Crippen molar-refractivity contribution in [2.75, 3.05) is 26.6 Å². The molecule has 1 unspecified atom stereocenters. The highest BCUT2D eigenvalue weighted by atomic mass is 16.5. The Bertz CT molecular complexity index is 1880. The summed E-state index contributed by atoms with van der Waals surface area (Å²) in [5.74, 6) is 1.45. The van der Waals surface area contributed by atoms with E-state index in [-0.39, 0.29) is 17.4 Å². The van der Waals surface area contributed by atoms with Crippen molar-refractivity contribution in [3.63, 3.8) is 0 Å². The lowest BCUT2D eigenvalue weighted by Crippen LogP contribution is -2.25. The molecule has 208 valence electrons. The normalized spacial score (nSPS) is 12.7. The second kappa shape index (κ2) is 10.6. The van der Waals surface area contributed by atoms with Crippen LogP contribution in [0.15, 0.2) is 71.7 Å². The summed E-state index contributed by atoms with van der Waals surface area (Å²) in [6.07, 6.45) is 3.25. The van der Waals surface area contributed by atoms with Gasteiger partial charge in [0.25, 0.3) is 5.56 Å². The van der Waals surface area contributed by atoms with Crippen LogP contribution in [-0.4, -0.2) is 42.7 Å². The average Bonchev–Trinajstić information content (AvgIpc) is 3.30. The van der Waals surface area contributed by atoms with Crippen LogP contribution in [0.1, 0.15) is 35.7 Å². The molecule has 0 saturated carbocycles. The van der Waals surface area contributed by atoms with Crippen molar-refractivity contribution in [1.82, 2.24) is 9.55 Å². The van der Waals surface area contributed by atoms with Gasteiger partial charge in [-0.15, -0.1) is 0 Å². The molecule has 2 aromatic heterocycles. The molecule has 3 aromatic carbocycles. The number of aromatic nitrogens is 2. The number of ether oxygens (including phenoxy) is 3. The Labute approximate surface area is 237 Å². The highest BCUT2D eigenvalue weighted by Crippen LogP contribution is 2.43. The monoisotopic (exact) mass is 549 g/mol. The Morgan fingerprint density at radius 3 is 2.49 bits per heavy atom. The lowest BCUT2D eigenvalue weighted by atomic mass is 10.0. The fourth-order valence-corrected chi connectivity index (χ4v) is 5.88. The molecular formula is C33H31N3O5. The summed E-state index contributed by atoms with van der Waals surface area (Å²) in [6, 6.07) is 18.9. The fraction of sp³-hybridized carbons (Fsp3) is 0.242. The van der Waals surface area contributed by atoms with Crippen LogP contribution in [0.3, 0.4) is 0 Å². The van der Waals surface area contributed by atoms with Crippen LogP contribution >= 0.6 is 0 Å². The molecule has 1 N–H and O–H groups in total. The van der Waals surface area contributed by atoms with Crippen molar-refractivity contribution in [2.24, 2.45) is 0 Å². The number of carbonyl (C=O) groups is 1. The van der Waals surface area contributed by atoms with E-state index in [1.807, 2.05) is 48.5 Å². The Balaban J connectivity index is 1.36. The van der Waals surface area contributed by atoms with Gasteiger partial charge in [0.05, 0.1) is 49.2 Å². The molecule has 0 radical (unpaired) electrons. The van der Waals surface area contributed by atoms with Gasteiger partial charge < -0.3 is 24.1 Å². The molecule has 41 heavy (non-hydrogen) atoms. The molecule has 8 heteroatoms. The number of anilines is 1. The third kappa shape index (κ3) is 4.36. The first-order valence-corrected chi connectivity index (χ1v) is 13.6. The summed E-state index contributed by atoms with van der Waals surface area (Å²) >= 11 is 0. The van der Waals surface area contributed by atoms with Gasteiger partial charge in [0, 0.05) is 46.7 Å². The summed E-state index contributed by atoms with van der Waals surface area (Å²) in [6.45, 7) is 2.54. The first kappa shape index (κ1) is 26.4. The fourth-order valence-electron chi connectivity index (χ4n) is 5.88. The van der Waals surface area contributed by atoms with E-state index < -0.39 is 0 Å². The maximum absolute atomic E-state index is 14.1. The smallest absolute Gasteiger partial charge is 0.262 e. The third-order valence-corrected chi connectivity index (χ3v) is 7.77. The molecule has 6 rings (SSSR count). The SMILES string of the molecule is COc1cc(NC(C)CCCn2c3c(c4ccc(OC)c(OC)c4c2=O)C(=O)c2ccccc2-3)c2ncccc2c1. The zero-order valence-corrected chi connectivity index (χ0v) is 23.5. The quantitative estimate of drug-likeness (QED) is 0.234. The van der Waals surface area contributed by atoms with E-state index in [1.54, 1.807) is 30.0 Å². The number of nitrogens with zero attached hydrogens (tertiary/aromatic N) is 2. The molecule has 5 aromatic rings. The number of rotatable bonds is 9. The number of nitrogens with one attached hydrogen (secondary N) is 1. The Morgan fingerprint density at radius 2 is 1.73 bits per heavy atom. The predicted octanol–water partition coefficient (Wildman–Crippen LogP) is 6.07. The Kier molecular flexibility index (Phi) is 6.83. The minimum atomic E-state index is -0.206. The summed E-state index contributed by atoms with van der Waals surface area (Å²) in [5.41, 5.74) is 4.14. The molecule has 0 aliphatic heterocycles.